The van der Waals surface area contributed by atoms with Crippen LogP contribution in [0.4, 0.5) is 5.82 Å². The van der Waals surface area contributed by atoms with E-state index in [1.807, 2.05) is 37.3 Å². The third-order valence-electron chi connectivity index (χ3n) is 2.53. The number of anilines is 1. The van der Waals surface area contributed by atoms with Crippen molar-refractivity contribution in [2.45, 2.75) is 13.5 Å². The summed E-state index contributed by atoms with van der Waals surface area (Å²) in [6.07, 6.45) is 0. The minimum absolute atomic E-state index is 0.0509. The highest BCUT2D eigenvalue weighted by Gasteiger charge is 2.03. The molecule has 3 nitrogen and oxygen atoms in total. The summed E-state index contributed by atoms with van der Waals surface area (Å²) in [5, 5.41) is 9.09. The quantitative estimate of drug-likeness (QED) is 0.805. The number of pyridine rings is 1. The van der Waals surface area contributed by atoms with Crippen molar-refractivity contribution in [2.24, 2.45) is 0 Å². The highest BCUT2D eigenvalue weighted by atomic mass is 16.3. The van der Waals surface area contributed by atoms with Crippen LogP contribution in [-0.4, -0.2) is 10.1 Å². The van der Waals surface area contributed by atoms with Gasteiger partial charge in [0.1, 0.15) is 5.82 Å². The minimum Gasteiger partial charge on any atom is -0.392 e. The van der Waals surface area contributed by atoms with Crippen LogP contribution in [0.25, 0.3) is 11.1 Å². The first-order valence-corrected chi connectivity index (χ1v) is 5.14. The lowest BCUT2D eigenvalue weighted by Crippen LogP contribution is -1.94. The Morgan fingerprint density at radius 1 is 1.25 bits per heavy atom. The molecule has 3 N–H and O–H groups in total. The van der Waals surface area contributed by atoms with Crippen molar-refractivity contribution in [3.05, 3.63) is 47.7 Å². The Labute approximate surface area is 94.6 Å². The molecule has 1 heterocycles. The second-order valence-corrected chi connectivity index (χ2v) is 3.73. The maximum Gasteiger partial charge on any atom is 0.123 e. The van der Waals surface area contributed by atoms with E-state index in [0.29, 0.717) is 5.82 Å². The van der Waals surface area contributed by atoms with Gasteiger partial charge in [-0.15, -0.1) is 0 Å². The predicted octanol–water partition coefficient (Wildman–Crippen LogP) is 2.13. The molecule has 2 aromatic rings. The highest BCUT2D eigenvalue weighted by molar-refractivity contribution is 5.67. The molecule has 0 saturated carbocycles. The second kappa shape index (κ2) is 4.33. The molecular formula is C13H14N2O. The number of aromatic nitrogens is 1. The molecule has 0 fully saturated rings. The Morgan fingerprint density at radius 2 is 2.06 bits per heavy atom. The van der Waals surface area contributed by atoms with Gasteiger partial charge in [0, 0.05) is 11.3 Å². The fourth-order valence-corrected chi connectivity index (χ4v) is 1.72. The van der Waals surface area contributed by atoms with E-state index in [0.717, 1.165) is 22.4 Å². The van der Waals surface area contributed by atoms with E-state index in [1.165, 1.54) is 0 Å². The molecule has 0 aliphatic heterocycles. The van der Waals surface area contributed by atoms with Crippen molar-refractivity contribution in [2.75, 3.05) is 5.73 Å². The van der Waals surface area contributed by atoms with Crippen LogP contribution in [0, 0.1) is 6.92 Å². The normalized spacial score (nSPS) is 10.4. The van der Waals surface area contributed by atoms with Crippen LogP contribution in [0.2, 0.25) is 0 Å². The summed E-state index contributed by atoms with van der Waals surface area (Å²) < 4.78 is 0. The minimum atomic E-state index is 0.0509. The van der Waals surface area contributed by atoms with Gasteiger partial charge >= 0.3 is 0 Å². The van der Waals surface area contributed by atoms with Gasteiger partial charge in [0.25, 0.3) is 0 Å². The first kappa shape index (κ1) is 10.6. The third-order valence-corrected chi connectivity index (χ3v) is 2.53. The molecule has 0 aliphatic carbocycles. The van der Waals surface area contributed by atoms with Crippen molar-refractivity contribution in [1.82, 2.24) is 4.98 Å². The van der Waals surface area contributed by atoms with Crippen molar-refractivity contribution in [1.29, 1.82) is 0 Å². The maximum absolute atomic E-state index is 9.09. The number of nitrogens with zero attached hydrogens (tertiary/aromatic N) is 1. The Balaban J connectivity index is 2.49. The van der Waals surface area contributed by atoms with Crippen molar-refractivity contribution in [3.8, 4) is 11.1 Å². The topological polar surface area (TPSA) is 59.1 Å². The van der Waals surface area contributed by atoms with Gasteiger partial charge in [-0.2, -0.15) is 0 Å². The molecule has 1 aromatic heterocycles. The molecule has 0 amide bonds. The third kappa shape index (κ3) is 2.04. The smallest absolute Gasteiger partial charge is 0.123 e. The summed E-state index contributed by atoms with van der Waals surface area (Å²) >= 11 is 0. The Kier molecular flexibility index (Phi) is 2.88. The Hall–Kier alpha value is -1.87. The first-order valence-electron chi connectivity index (χ1n) is 5.14. The average molecular weight is 214 g/mol. The number of aryl methyl sites for hydroxylation is 1. The molecule has 16 heavy (non-hydrogen) atoms. The molecule has 0 aliphatic rings. The van der Waals surface area contributed by atoms with Crippen LogP contribution in [0.5, 0.6) is 0 Å². The Morgan fingerprint density at radius 3 is 2.75 bits per heavy atom. The van der Waals surface area contributed by atoms with Gasteiger partial charge in [-0.05, 0) is 36.2 Å². The number of rotatable bonds is 2. The average Bonchev–Trinajstić information content (AvgIpc) is 2.29. The zero-order valence-electron chi connectivity index (χ0n) is 9.14. The molecule has 0 spiro atoms. The monoisotopic (exact) mass is 214 g/mol. The van der Waals surface area contributed by atoms with Crippen LogP contribution < -0.4 is 5.73 Å². The van der Waals surface area contributed by atoms with Crippen LogP contribution in [0.1, 0.15) is 11.3 Å². The maximum atomic E-state index is 9.09. The molecule has 0 bridgehead atoms. The number of aliphatic hydroxyl groups is 1. The van der Waals surface area contributed by atoms with Gasteiger partial charge < -0.3 is 10.8 Å². The van der Waals surface area contributed by atoms with Gasteiger partial charge in [0.2, 0.25) is 0 Å². The van der Waals surface area contributed by atoms with Gasteiger partial charge in [0.05, 0.1) is 6.61 Å². The zero-order valence-corrected chi connectivity index (χ0v) is 9.14. The highest BCUT2D eigenvalue weighted by Crippen LogP contribution is 2.23. The lowest BCUT2D eigenvalue weighted by molar-refractivity contribution is 0.282. The Bertz CT molecular complexity index is 509. The number of nitrogen functional groups attached to an aromatic ring is 1. The van der Waals surface area contributed by atoms with Crippen LogP contribution in [-0.2, 0) is 6.61 Å². The van der Waals surface area contributed by atoms with Crippen LogP contribution in [0.3, 0.4) is 0 Å². The van der Waals surface area contributed by atoms with Crippen LogP contribution in [0.15, 0.2) is 36.4 Å². The molecule has 82 valence electrons. The summed E-state index contributed by atoms with van der Waals surface area (Å²) in [4.78, 5) is 4.22. The molecule has 3 heteroatoms. The van der Waals surface area contributed by atoms with Gasteiger partial charge in [-0.1, -0.05) is 18.2 Å². The van der Waals surface area contributed by atoms with E-state index in [4.69, 9.17) is 10.8 Å². The summed E-state index contributed by atoms with van der Waals surface area (Å²) in [6.45, 7) is 1.98. The summed E-state index contributed by atoms with van der Waals surface area (Å²) in [6, 6.07) is 11.5. The number of hydrogen-bond donors (Lipinski definition) is 2. The largest absolute Gasteiger partial charge is 0.392 e. The summed E-state index contributed by atoms with van der Waals surface area (Å²) in [5.41, 5.74) is 9.50. The van der Waals surface area contributed by atoms with Crippen molar-refractivity contribution in [3.63, 3.8) is 0 Å². The molecule has 2 rings (SSSR count). The number of nitrogens with two attached hydrogens (primary N) is 1. The van der Waals surface area contributed by atoms with Crippen LogP contribution >= 0.6 is 0 Å². The molecule has 0 atom stereocenters. The first-order chi connectivity index (χ1) is 7.70. The lowest BCUT2D eigenvalue weighted by Gasteiger charge is -2.07. The zero-order chi connectivity index (χ0) is 11.5. The number of hydrogen-bond acceptors (Lipinski definition) is 3. The van der Waals surface area contributed by atoms with Crippen molar-refractivity contribution >= 4 is 5.82 Å². The van der Waals surface area contributed by atoms with Gasteiger partial charge in [-0.3, -0.25) is 0 Å². The fraction of sp³-hybridized carbons (Fsp3) is 0.154. The molecule has 1 aromatic carbocycles. The number of benzene rings is 1. The SMILES string of the molecule is Cc1nc(N)ccc1-c1cccc(CO)c1. The van der Waals surface area contributed by atoms with Gasteiger partial charge in [0.15, 0.2) is 0 Å². The fourth-order valence-electron chi connectivity index (χ4n) is 1.72. The predicted molar refractivity (Wildman–Crippen MR) is 64.7 cm³/mol. The molecule has 0 saturated heterocycles. The van der Waals surface area contributed by atoms with Gasteiger partial charge in [-0.25, -0.2) is 4.98 Å². The molecule has 0 radical (unpaired) electrons. The summed E-state index contributed by atoms with van der Waals surface area (Å²) in [5.74, 6) is 0.527. The summed E-state index contributed by atoms with van der Waals surface area (Å²) in [7, 11) is 0. The molecule has 0 unspecified atom stereocenters. The lowest BCUT2D eigenvalue weighted by atomic mass is 10.0. The van der Waals surface area contributed by atoms with E-state index in [-0.39, 0.29) is 6.61 Å². The second-order valence-electron chi connectivity index (χ2n) is 3.73. The number of aliphatic hydroxyl groups excluding tert-OH is 1. The van der Waals surface area contributed by atoms with E-state index in [9.17, 15) is 0 Å². The molecular weight excluding hydrogens is 200 g/mol. The van der Waals surface area contributed by atoms with E-state index in [1.54, 1.807) is 6.07 Å². The standard InChI is InChI=1S/C13H14N2O/c1-9-12(5-6-13(14)15-9)11-4-2-3-10(7-11)8-16/h2-7,16H,8H2,1H3,(H2,14,15). The van der Waals surface area contributed by atoms with E-state index < -0.39 is 0 Å². The van der Waals surface area contributed by atoms with E-state index in [2.05, 4.69) is 4.98 Å². The van der Waals surface area contributed by atoms with E-state index >= 15 is 0 Å². The van der Waals surface area contributed by atoms with Crippen molar-refractivity contribution < 1.29 is 5.11 Å².